The standard InChI is InChI=1S/C21H24N2O4/c1-14-8-7-9-15(12-14)19(25)22-17-11-6-5-10-16(17)20(26)27-13-18(24)23-21(2,3)4/h5-12H,13H2,1-4H3,(H,22,25)(H,23,24). The van der Waals surface area contributed by atoms with Gasteiger partial charge in [-0.3, -0.25) is 9.59 Å². The predicted molar refractivity (Wildman–Crippen MR) is 104 cm³/mol. The molecule has 6 heteroatoms. The summed E-state index contributed by atoms with van der Waals surface area (Å²) in [5.74, 6) is -1.40. The molecule has 0 bridgehead atoms. The van der Waals surface area contributed by atoms with E-state index in [1.165, 1.54) is 6.07 Å². The highest BCUT2D eigenvalue weighted by Gasteiger charge is 2.18. The van der Waals surface area contributed by atoms with E-state index in [0.717, 1.165) is 5.56 Å². The molecule has 0 spiro atoms. The third kappa shape index (κ3) is 6.26. The first-order valence-corrected chi connectivity index (χ1v) is 8.61. The summed E-state index contributed by atoms with van der Waals surface area (Å²) in [4.78, 5) is 36.6. The first-order chi connectivity index (χ1) is 12.7. The molecule has 0 saturated carbocycles. The largest absolute Gasteiger partial charge is 0.452 e. The van der Waals surface area contributed by atoms with Crippen LogP contribution in [0.4, 0.5) is 5.69 Å². The zero-order valence-electron chi connectivity index (χ0n) is 16.0. The highest BCUT2D eigenvalue weighted by atomic mass is 16.5. The van der Waals surface area contributed by atoms with E-state index < -0.39 is 24.0 Å². The van der Waals surface area contributed by atoms with E-state index in [4.69, 9.17) is 4.74 Å². The first kappa shape index (κ1) is 20.2. The van der Waals surface area contributed by atoms with Gasteiger partial charge in [0.2, 0.25) is 0 Å². The zero-order valence-corrected chi connectivity index (χ0v) is 16.0. The summed E-state index contributed by atoms with van der Waals surface area (Å²) in [7, 11) is 0. The normalized spacial score (nSPS) is 10.8. The molecular weight excluding hydrogens is 344 g/mol. The van der Waals surface area contributed by atoms with Gasteiger partial charge in [0.15, 0.2) is 6.61 Å². The lowest BCUT2D eigenvalue weighted by Crippen LogP contribution is -2.42. The van der Waals surface area contributed by atoms with Crippen molar-refractivity contribution >= 4 is 23.5 Å². The molecule has 0 heterocycles. The second-order valence-corrected chi connectivity index (χ2v) is 7.24. The Morgan fingerprint density at radius 2 is 1.70 bits per heavy atom. The number of ether oxygens (including phenoxy) is 1. The van der Waals surface area contributed by atoms with Gasteiger partial charge in [-0.05, 0) is 52.0 Å². The molecule has 0 aliphatic heterocycles. The maximum absolute atomic E-state index is 12.4. The van der Waals surface area contributed by atoms with Crippen LogP contribution in [0.15, 0.2) is 48.5 Å². The van der Waals surface area contributed by atoms with Crippen molar-refractivity contribution in [3.63, 3.8) is 0 Å². The molecule has 0 aliphatic rings. The Morgan fingerprint density at radius 1 is 1.00 bits per heavy atom. The topological polar surface area (TPSA) is 84.5 Å². The van der Waals surface area contributed by atoms with Gasteiger partial charge in [-0.25, -0.2) is 4.79 Å². The molecule has 6 nitrogen and oxygen atoms in total. The number of hydrogen-bond acceptors (Lipinski definition) is 4. The summed E-state index contributed by atoms with van der Waals surface area (Å²) in [6.07, 6.45) is 0. The molecule has 2 aromatic carbocycles. The van der Waals surface area contributed by atoms with Crippen LogP contribution in [0.1, 0.15) is 47.1 Å². The number of aryl methyl sites for hydroxylation is 1. The van der Waals surface area contributed by atoms with Gasteiger partial charge in [0.05, 0.1) is 11.3 Å². The van der Waals surface area contributed by atoms with Crippen molar-refractivity contribution < 1.29 is 19.1 Å². The molecule has 2 N–H and O–H groups in total. The van der Waals surface area contributed by atoms with Crippen molar-refractivity contribution in [1.29, 1.82) is 0 Å². The maximum Gasteiger partial charge on any atom is 0.340 e. The van der Waals surface area contributed by atoms with Gasteiger partial charge in [-0.2, -0.15) is 0 Å². The number of rotatable bonds is 5. The summed E-state index contributed by atoms with van der Waals surface area (Å²) < 4.78 is 5.08. The van der Waals surface area contributed by atoms with E-state index in [-0.39, 0.29) is 11.5 Å². The van der Waals surface area contributed by atoms with Crippen molar-refractivity contribution in [3.8, 4) is 0 Å². The van der Waals surface area contributed by atoms with Gasteiger partial charge in [0.25, 0.3) is 11.8 Å². The fourth-order valence-electron chi connectivity index (χ4n) is 2.41. The summed E-state index contributed by atoms with van der Waals surface area (Å²) in [5.41, 5.74) is 1.54. The molecule has 0 atom stereocenters. The Hall–Kier alpha value is -3.15. The van der Waals surface area contributed by atoms with Crippen LogP contribution in [0.5, 0.6) is 0 Å². The summed E-state index contributed by atoms with van der Waals surface area (Å²) >= 11 is 0. The van der Waals surface area contributed by atoms with Crippen LogP contribution in [-0.4, -0.2) is 29.9 Å². The highest BCUT2D eigenvalue weighted by Crippen LogP contribution is 2.18. The minimum Gasteiger partial charge on any atom is -0.452 e. The average molecular weight is 368 g/mol. The molecule has 0 aliphatic carbocycles. The van der Waals surface area contributed by atoms with Crippen molar-refractivity contribution in [2.45, 2.75) is 33.2 Å². The number of anilines is 1. The molecule has 0 aromatic heterocycles. The van der Waals surface area contributed by atoms with Gasteiger partial charge < -0.3 is 15.4 Å². The fraction of sp³-hybridized carbons (Fsp3) is 0.286. The second-order valence-electron chi connectivity index (χ2n) is 7.24. The first-order valence-electron chi connectivity index (χ1n) is 8.61. The Balaban J connectivity index is 2.07. The maximum atomic E-state index is 12.4. The van der Waals surface area contributed by atoms with Crippen LogP contribution < -0.4 is 10.6 Å². The molecule has 2 amide bonds. The molecule has 0 unspecified atom stereocenters. The smallest absolute Gasteiger partial charge is 0.340 e. The number of esters is 1. The quantitative estimate of drug-likeness (QED) is 0.793. The van der Waals surface area contributed by atoms with Crippen LogP contribution in [0.25, 0.3) is 0 Å². The monoisotopic (exact) mass is 368 g/mol. The fourth-order valence-corrected chi connectivity index (χ4v) is 2.41. The highest BCUT2D eigenvalue weighted by molar-refractivity contribution is 6.08. The second kappa shape index (κ2) is 8.49. The molecule has 0 saturated heterocycles. The van der Waals surface area contributed by atoms with Gasteiger partial charge >= 0.3 is 5.97 Å². The number of carbonyl (C=O) groups excluding carboxylic acids is 3. The van der Waals surface area contributed by atoms with Crippen molar-refractivity contribution in [2.24, 2.45) is 0 Å². The van der Waals surface area contributed by atoms with E-state index in [1.54, 1.807) is 36.4 Å². The number of benzene rings is 2. The third-order valence-corrected chi connectivity index (χ3v) is 3.52. The molecule has 142 valence electrons. The molecule has 0 radical (unpaired) electrons. The average Bonchev–Trinajstić information content (AvgIpc) is 2.58. The van der Waals surface area contributed by atoms with Crippen LogP contribution in [0.2, 0.25) is 0 Å². The Kier molecular flexibility index (Phi) is 6.34. The predicted octanol–water partition coefficient (Wildman–Crippen LogP) is 3.32. The van der Waals surface area contributed by atoms with Crippen LogP contribution in [-0.2, 0) is 9.53 Å². The number of nitrogens with one attached hydrogen (secondary N) is 2. The van der Waals surface area contributed by atoms with Gasteiger partial charge in [0.1, 0.15) is 0 Å². The van der Waals surface area contributed by atoms with Crippen LogP contribution in [0, 0.1) is 6.92 Å². The zero-order chi connectivity index (χ0) is 20.0. The van der Waals surface area contributed by atoms with Gasteiger partial charge in [-0.1, -0.05) is 29.8 Å². The lowest BCUT2D eigenvalue weighted by Gasteiger charge is -2.20. The summed E-state index contributed by atoms with van der Waals surface area (Å²) in [6, 6.07) is 13.6. The van der Waals surface area contributed by atoms with E-state index in [9.17, 15) is 14.4 Å². The lowest BCUT2D eigenvalue weighted by atomic mass is 10.1. The lowest BCUT2D eigenvalue weighted by molar-refractivity contribution is -0.125. The number of carbonyl (C=O) groups is 3. The summed E-state index contributed by atoms with van der Waals surface area (Å²) in [6.45, 7) is 7.01. The van der Waals surface area contributed by atoms with Crippen LogP contribution >= 0.6 is 0 Å². The van der Waals surface area contributed by atoms with E-state index in [0.29, 0.717) is 11.3 Å². The van der Waals surface area contributed by atoms with E-state index in [2.05, 4.69) is 10.6 Å². The molecule has 27 heavy (non-hydrogen) atoms. The van der Waals surface area contributed by atoms with Crippen molar-refractivity contribution in [2.75, 3.05) is 11.9 Å². The van der Waals surface area contributed by atoms with Gasteiger partial charge in [-0.15, -0.1) is 0 Å². The van der Waals surface area contributed by atoms with Crippen molar-refractivity contribution in [3.05, 3.63) is 65.2 Å². The Bertz CT molecular complexity index is 853. The minimum absolute atomic E-state index is 0.182. The number of para-hydroxylation sites is 1. The molecule has 2 aromatic rings. The molecule has 2 rings (SSSR count). The van der Waals surface area contributed by atoms with Crippen LogP contribution in [0.3, 0.4) is 0 Å². The number of hydrogen-bond donors (Lipinski definition) is 2. The minimum atomic E-state index is -0.681. The summed E-state index contributed by atoms with van der Waals surface area (Å²) in [5, 5.41) is 5.43. The number of amides is 2. The Labute approximate surface area is 158 Å². The van der Waals surface area contributed by atoms with Gasteiger partial charge in [0, 0.05) is 11.1 Å². The molecular formula is C21H24N2O4. The van der Waals surface area contributed by atoms with E-state index in [1.807, 2.05) is 33.8 Å². The SMILES string of the molecule is Cc1cccc(C(=O)Nc2ccccc2C(=O)OCC(=O)NC(C)(C)C)c1. The van der Waals surface area contributed by atoms with Crippen molar-refractivity contribution in [1.82, 2.24) is 5.32 Å². The Morgan fingerprint density at radius 3 is 2.37 bits per heavy atom. The third-order valence-electron chi connectivity index (χ3n) is 3.52. The van der Waals surface area contributed by atoms with E-state index >= 15 is 0 Å². The molecule has 0 fully saturated rings.